The van der Waals surface area contributed by atoms with Gasteiger partial charge >= 0.3 is 6.03 Å². The molecule has 3 fully saturated rings. The van der Waals surface area contributed by atoms with Crippen LogP contribution in [-0.2, 0) is 4.79 Å². The molecule has 2 N–H and O–H groups in total. The van der Waals surface area contributed by atoms with Crippen LogP contribution in [0.1, 0.15) is 44.9 Å². The topological polar surface area (TPSA) is 61.4 Å². The zero-order valence-electron chi connectivity index (χ0n) is 10.7. The first-order chi connectivity index (χ1) is 8.71. The van der Waals surface area contributed by atoms with Crippen molar-refractivity contribution in [2.75, 3.05) is 13.1 Å². The van der Waals surface area contributed by atoms with Gasteiger partial charge < -0.3 is 10.6 Å². The molecule has 1 spiro atoms. The number of urea groups is 1. The lowest BCUT2D eigenvalue weighted by atomic mass is 9.82. The summed E-state index contributed by atoms with van der Waals surface area (Å²) >= 11 is 0. The second-order valence-electron chi connectivity index (χ2n) is 5.78. The molecule has 0 bridgehead atoms. The van der Waals surface area contributed by atoms with E-state index < -0.39 is 5.54 Å². The molecule has 5 heteroatoms. The zero-order valence-corrected chi connectivity index (χ0v) is 10.7. The summed E-state index contributed by atoms with van der Waals surface area (Å²) in [4.78, 5) is 25.9. The maximum Gasteiger partial charge on any atom is 0.325 e. The van der Waals surface area contributed by atoms with E-state index in [-0.39, 0.29) is 11.9 Å². The lowest BCUT2D eigenvalue weighted by molar-refractivity contribution is -0.132. The highest BCUT2D eigenvalue weighted by atomic mass is 16.2. The molecule has 2 heterocycles. The van der Waals surface area contributed by atoms with E-state index in [2.05, 4.69) is 10.6 Å². The second kappa shape index (κ2) is 4.53. The van der Waals surface area contributed by atoms with Crippen LogP contribution in [0, 0.1) is 0 Å². The Balaban J connectivity index is 1.71. The third-order valence-electron chi connectivity index (χ3n) is 4.52. The van der Waals surface area contributed by atoms with Gasteiger partial charge in [0.15, 0.2) is 0 Å². The Labute approximate surface area is 107 Å². The van der Waals surface area contributed by atoms with E-state index in [9.17, 15) is 9.59 Å². The first-order valence-electron chi connectivity index (χ1n) is 7.09. The van der Waals surface area contributed by atoms with E-state index in [1.807, 2.05) is 0 Å². The predicted molar refractivity (Wildman–Crippen MR) is 67.1 cm³/mol. The summed E-state index contributed by atoms with van der Waals surface area (Å²) in [5.41, 5.74) is -0.562. The molecule has 18 heavy (non-hydrogen) atoms. The summed E-state index contributed by atoms with van der Waals surface area (Å²) in [7, 11) is 0. The molecular weight excluding hydrogens is 230 g/mol. The summed E-state index contributed by atoms with van der Waals surface area (Å²) in [5, 5.41) is 6.29. The van der Waals surface area contributed by atoms with Crippen molar-refractivity contribution in [3.63, 3.8) is 0 Å². The molecule has 1 aliphatic carbocycles. The molecule has 1 atom stereocenters. The van der Waals surface area contributed by atoms with Crippen molar-refractivity contribution >= 4 is 11.9 Å². The summed E-state index contributed by atoms with van der Waals surface area (Å²) in [6.07, 6.45) is 7.08. The van der Waals surface area contributed by atoms with Crippen LogP contribution in [-0.4, -0.2) is 41.5 Å². The van der Waals surface area contributed by atoms with Gasteiger partial charge in [-0.1, -0.05) is 19.3 Å². The van der Waals surface area contributed by atoms with Crippen molar-refractivity contribution in [2.45, 2.75) is 56.5 Å². The number of imide groups is 1. The highest BCUT2D eigenvalue weighted by molar-refractivity contribution is 6.07. The smallest absolute Gasteiger partial charge is 0.323 e. The van der Waals surface area contributed by atoms with Gasteiger partial charge in [-0.25, -0.2) is 4.79 Å². The van der Waals surface area contributed by atoms with Crippen molar-refractivity contribution in [1.82, 2.24) is 15.5 Å². The molecule has 0 aromatic rings. The third-order valence-corrected chi connectivity index (χ3v) is 4.52. The largest absolute Gasteiger partial charge is 0.325 e. The van der Waals surface area contributed by atoms with Crippen molar-refractivity contribution in [2.24, 2.45) is 0 Å². The molecule has 0 aromatic heterocycles. The van der Waals surface area contributed by atoms with Crippen molar-refractivity contribution in [1.29, 1.82) is 0 Å². The van der Waals surface area contributed by atoms with Crippen LogP contribution in [0.25, 0.3) is 0 Å². The van der Waals surface area contributed by atoms with E-state index in [1.165, 1.54) is 11.3 Å². The van der Waals surface area contributed by atoms with E-state index in [1.54, 1.807) is 0 Å². The van der Waals surface area contributed by atoms with Crippen LogP contribution < -0.4 is 10.6 Å². The summed E-state index contributed by atoms with van der Waals surface area (Å²) < 4.78 is 0. The Morgan fingerprint density at radius 2 is 1.94 bits per heavy atom. The molecule has 3 aliphatic rings. The first kappa shape index (κ1) is 12.0. The molecule has 1 saturated carbocycles. The van der Waals surface area contributed by atoms with Gasteiger partial charge in [0, 0.05) is 12.6 Å². The highest BCUT2D eigenvalue weighted by Gasteiger charge is 2.51. The Morgan fingerprint density at radius 1 is 1.17 bits per heavy atom. The zero-order chi connectivity index (χ0) is 12.6. The minimum absolute atomic E-state index is 0.0147. The maximum absolute atomic E-state index is 12.5. The van der Waals surface area contributed by atoms with E-state index >= 15 is 0 Å². The Bertz CT molecular complexity index is 357. The van der Waals surface area contributed by atoms with Gasteiger partial charge in [-0.3, -0.25) is 9.69 Å². The molecule has 100 valence electrons. The number of amides is 3. The van der Waals surface area contributed by atoms with Gasteiger partial charge in [-0.2, -0.15) is 0 Å². The molecule has 2 saturated heterocycles. The first-order valence-corrected chi connectivity index (χ1v) is 7.09. The summed E-state index contributed by atoms with van der Waals surface area (Å²) in [6.45, 7) is 1.53. The van der Waals surface area contributed by atoms with Crippen LogP contribution in [0.15, 0.2) is 0 Å². The standard InChI is InChI=1S/C13H21N3O2/c17-11-13(6-2-1-3-7-13)15-12(18)16(11)9-10-5-4-8-14-10/h10,14H,1-9H2,(H,15,18)/t10-/m0/s1. The molecule has 2 aliphatic heterocycles. The monoisotopic (exact) mass is 251 g/mol. The predicted octanol–water partition coefficient (Wildman–Crippen LogP) is 0.993. The fraction of sp³-hybridized carbons (Fsp3) is 0.846. The van der Waals surface area contributed by atoms with E-state index in [0.717, 1.165) is 45.1 Å². The number of hydrogen-bond donors (Lipinski definition) is 2. The normalized spacial score (nSPS) is 31.1. The SMILES string of the molecule is O=C1NC2(CCCCC2)C(=O)N1C[C@@H]1CCCN1. The van der Waals surface area contributed by atoms with Crippen LogP contribution in [0.2, 0.25) is 0 Å². The minimum Gasteiger partial charge on any atom is -0.323 e. The molecular formula is C13H21N3O2. The van der Waals surface area contributed by atoms with Crippen molar-refractivity contribution in [3.05, 3.63) is 0 Å². The Morgan fingerprint density at radius 3 is 2.61 bits per heavy atom. The number of rotatable bonds is 2. The van der Waals surface area contributed by atoms with Crippen molar-refractivity contribution in [3.8, 4) is 0 Å². The molecule has 5 nitrogen and oxygen atoms in total. The average Bonchev–Trinajstić information content (AvgIpc) is 2.95. The van der Waals surface area contributed by atoms with Gasteiger partial charge in [-0.15, -0.1) is 0 Å². The lowest BCUT2D eigenvalue weighted by Gasteiger charge is -2.30. The Hall–Kier alpha value is -1.10. The third kappa shape index (κ3) is 1.90. The van der Waals surface area contributed by atoms with Gasteiger partial charge in [0.1, 0.15) is 5.54 Å². The number of nitrogens with zero attached hydrogens (tertiary/aromatic N) is 1. The summed E-state index contributed by atoms with van der Waals surface area (Å²) in [6, 6.07) is 0.106. The molecule has 3 amide bonds. The fourth-order valence-corrected chi connectivity index (χ4v) is 3.47. The van der Waals surface area contributed by atoms with E-state index in [0.29, 0.717) is 12.6 Å². The fourth-order valence-electron chi connectivity index (χ4n) is 3.47. The van der Waals surface area contributed by atoms with Gasteiger partial charge in [0.05, 0.1) is 0 Å². The number of nitrogens with one attached hydrogen (secondary N) is 2. The molecule has 0 aromatic carbocycles. The van der Waals surface area contributed by atoms with E-state index in [4.69, 9.17) is 0 Å². The van der Waals surface area contributed by atoms with Crippen LogP contribution in [0.4, 0.5) is 4.79 Å². The van der Waals surface area contributed by atoms with Gasteiger partial charge in [-0.05, 0) is 32.2 Å². The van der Waals surface area contributed by atoms with Crippen LogP contribution >= 0.6 is 0 Å². The van der Waals surface area contributed by atoms with Crippen LogP contribution in [0.5, 0.6) is 0 Å². The number of carbonyl (C=O) groups is 2. The second-order valence-corrected chi connectivity index (χ2v) is 5.78. The quantitative estimate of drug-likeness (QED) is 0.720. The molecule has 0 radical (unpaired) electrons. The highest BCUT2D eigenvalue weighted by Crippen LogP contribution is 2.33. The molecule has 0 unspecified atom stereocenters. The summed E-state index contributed by atoms with van der Waals surface area (Å²) in [5.74, 6) is 0.0147. The number of carbonyl (C=O) groups excluding carboxylic acids is 2. The maximum atomic E-state index is 12.5. The van der Waals surface area contributed by atoms with Crippen molar-refractivity contribution < 1.29 is 9.59 Å². The number of hydrogen-bond acceptors (Lipinski definition) is 3. The molecule has 3 rings (SSSR count). The van der Waals surface area contributed by atoms with Crippen LogP contribution in [0.3, 0.4) is 0 Å². The Kier molecular flexibility index (Phi) is 3.01. The van der Waals surface area contributed by atoms with Gasteiger partial charge in [0.2, 0.25) is 0 Å². The van der Waals surface area contributed by atoms with Gasteiger partial charge in [0.25, 0.3) is 5.91 Å². The lowest BCUT2D eigenvalue weighted by Crippen LogP contribution is -2.49. The average molecular weight is 251 g/mol. The minimum atomic E-state index is -0.562.